The number of likely N-dealkylation sites (N-methyl/N-ethyl adjacent to an activating group) is 1. The summed E-state index contributed by atoms with van der Waals surface area (Å²) in [6.07, 6.45) is 2.61. The second kappa shape index (κ2) is 7.57. The summed E-state index contributed by atoms with van der Waals surface area (Å²) in [6, 6.07) is 8.81. The quantitative estimate of drug-likeness (QED) is 0.873. The maximum atomic E-state index is 12.0. The Morgan fingerprint density at radius 1 is 1.38 bits per heavy atom. The van der Waals surface area contributed by atoms with Gasteiger partial charge in [0.25, 0.3) is 0 Å². The van der Waals surface area contributed by atoms with E-state index < -0.39 is 0 Å². The van der Waals surface area contributed by atoms with Crippen molar-refractivity contribution in [2.75, 3.05) is 27.2 Å². The van der Waals surface area contributed by atoms with Gasteiger partial charge in [-0.3, -0.25) is 4.79 Å². The highest BCUT2D eigenvalue weighted by atomic mass is 16.5. The summed E-state index contributed by atoms with van der Waals surface area (Å²) in [5.74, 6) is 0.0181. The number of carbonyl (C=O) groups is 1. The molecule has 0 aromatic heterocycles. The van der Waals surface area contributed by atoms with Gasteiger partial charge >= 0.3 is 0 Å². The molecule has 2 atom stereocenters. The Hall–Kier alpha value is -1.39. The van der Waals surface area contributed by atoms with Crippen molar-refractivity contribution in [3.05, 3.63) is 35.4 Å². The normalized spacial score (nSPS) is 19.7. The summed E-state index contributed by atoms with van der Waals surface area (Å²) in [5.41, 5.74) is 2.56. The Balaban J connectivity index is 1.96. The molecule has 1 fully saturated rings. The lowest BCUT2D eigenvalue weighted by Gasteiger charge is -2.26. The molecule has 1 aliphatic heterocycles. The minimum atomic E-state index is -0.254. The fourth-order valence-corrected chi connectivity index (χ4v) is 2.67. The van der Waals surface area contributed by atoms with Gasteiger partial charge in [-0.2, -0.15) is 0 Å². The van der Waals surface area contributed by atoms with Crippen LogP contribution in [0.4, 0.5) is 0 Å². The molecule has 4 nitrogen and oxygen atoms in total. The number of nitrogens with zero attached hydrogens (tertiary/aromatic N) is 1. The van der Waals surface area contributed by atoms with Gasteiger partial charge in [-0.1, -0.05) is 31.2 Å². The number of rotatable bonds is 6. The molecule has 0 radical (unpaired) electrons. The summed E-state index contributed by atoms with van der Waals surface area (Å²) >= 11 is 0. The Morgan fingerprint density at radius 3 is 2.62 bits per heavy atom. The van der Waals surface area contributed by atoms with Crippen LogP contribution in [0, 0.1) is 0 Å². The molecule has 116 valence electrons. The minimum Gasteiger partial charge on any atom is -0.368 e. The standard InChI is InChI=1S/C17H26N2O2/c1-4-13-7-9-14(10-8-13)15(19(2)3)12-18-17(20)16-6-5-11-21-16/h7-10,15-16H,4-6,11-12H2,1-3H3,(H,18,20). The second-order valence-corrected chi connectivity index (χ2v) is 5.82. The van der Waals surface area contributed by atoms with E-state index in [4.69, 9.17) is 4.74 Å². The van der Waals surface area contributed by atoms with Crippen molar-refractivity contribution >= 4 is 5.91 Å². The van der Waals surface area contributed by atoms with E-state index in [1.807, 2.05) is 14.1 Å². The zero-order chi connectivity index (χ0) is 15.2. The molecule has 1 aromatic rings. The third-order valence-electron chi connectivity index (χ3n) is 4.09. The fraction of sp³-hybridized carbons (Fsp3) is 0.588. The number of nitrogens with one attached hydrogen (secondary N) is 1. The maximum Gasteiger partial charge on any atom is 0.249 e. The van der Waals surface area contributed by atoms with E-state index in [0.717, 1.165) is 19.3 Å². The lowest BCUT2D eigenvalue weighted by atomic mass is 10.0. The minimum absolute atomic E-state index is 0.0181. The van der Waals surface area contributed by atoms with Crippen LogP contribution in [0.15, 0.2) is 24.3 Å². The first-order valence-corrected chi connectivity index (χ1v) is 7.76. The van der Waals surface area contributed by atoms with Crippen molar-refractivity contribution in [1.29, 1.82) is 0 Å². The first kappa shape index (κ1) is 16.0. The Morgan fingerprint density at radius 2 is 2.10 bits per heavy atom. The highest BCUT2D eigenvalue weighted by Crippen LogP contribution is 2.19. The van der Waals surface area contributed by atoms with Gasteiger partial charge in [-0.25, -0.2) is 0 Å². The number of amides is 1. The molecule has 1 amide bonds. The van der Waals surface area contributed by atoms with Crippen LogP contribution in [0.2, 0.25) is 0 Å². The molecule has 2 rings (SSSR count). The van der Waals surface area contributed by atoms with Gasteiger partial charge in [0.15, 0.2) is 0 Å². The van der Waals surface area contributed by atoms with Crippen LogP contribution in [0.25, 0.3) is 0 Å². The van der Waals surface area contributed by atoms with E-state index in [1.165, 1.54) is 11.1 Å². The SMILES string of the molecule is CCc1ccc(C(CNC(=O)C2CCCO2)N(C)C)cc1. The van der Waals surface area contributed by atoms with Crippen molar-refractivity contribution in [1.82, 2.24) is 10.2 Å². The van der Waals surface area contributed by atoms with Crippen LogP contribution >= 0.6 is 0 Å². The van der Waals surface area contributed by atoms with Gasteiger partial charge in [0.05, 0.1) is 6.04 Å². The molecule has 1 heterocycles. The zero-order valence-corrected chi connectivity index (χ0v) is 13.3. The topological polar surface area (TPSA) is 41.6 Å². The molecular weight excluding hydrogens is 264 g/mol. The zero-order valence-electron chi connectivity index (χ0n) is 13.3. The van der Waals surface area contributed by atoms with Gasteiger partial charge in [0, 0.05) is 13.2 Å². The summed E-state index contributed by atoms with van der Waals surface area (Å²) < 4.78 is 5.42. The predicted octanol–water partition coefficient (Wildman–Crippen LogP) is 2.15. The Labute approximate surface area is 127 Å². The Bertz CT molecular complexity index is 450. The van der Waals surface area contributed by atoms with Crippen LogP contribution in [-0.4, -0.2) is 44.2 Å². The summed E-state index contributed by atoms with van der Waals surface area (Å²) in [4.78, 5) is 14.2. The number of hydrogen-bond acceptors (Lipinski definition) is 3. The third-order valence-corrected chi connectivity index (χ3v) is 4.09. The maximum absolute atomic E-state index is 12.0. The van der Waals surface area contributed by atoms with Gasteiger partial charge in [-0.15, -0.1) is 0 Å². The molecule has 0 aliphatic carbocycles. The molecular formula is C17H26N2O2. The van der Waals surface area contributed by atoms with E-state index in [0.29, 0.717) is 13.2 Å². The Kier molecular flexibility index (Phi) is 5.76. The molecule has 1 aromatic carbocycles. The average molecular weight is 290 g/mol. The van der Waals surface area contributed by atoms with Crippen molar-refractivity contribution < 1.29 is 9.53 Å². The van der Waals surface area contributed by atoms with E-state index >= 15 is 0 Å². The first-order chi connectivity index (χ1) is 10.1. The largest absolute Gasteiger partial charge is 0.368 e. The third kappa shape index (κ3) is 4.29. The average Bonchev–Trinajstić information content (AvgIpc) is 3.02. The second-order valence-electron chi connectivity index (χ2n) is 5.82. The van der Waals surface area contributed by atoms with E-state index in [2.05, 4.69) is 41.4 Å². The van der Waals surface area contributed by atoms with Crippen molar-refractivity contribution in [2.45, 2.75) is 38.3 Å². The molecule has 2 unspecified atom stereocenters. The van der Waals surface area contributed by atoms with Crippen LogP contribution < -0.4 is 5.32 Å². The first-order valence-electron chi connectivity index (χ1n) is 7.76. The van der Waals surface area contributed by atoms with E-state index in [9.17, 15) is 4.79 Å². The molecule has 1 saturated heterocycles. The number of aryl methyl sites for hydroxylation is 1. The van der Waals surface area contributed by atoms with Gasteiger partial charge in [0.2, 0.25) is 5.91 Å². The van der Waals surface area contributed by atoms with Crippen LogP contribution in [-0.2, 0) is 16.0 Å². The van der Waals surface area contributed by atoms with E-state index in [-0.39, 0.29) is 18.1 Å². The number of hydrogen-bond donors (Lipinski definition) is 1. The lowest BCUT2D eigenvalue weighted by Crippen LogP contribution is -2.39. The number of benzene rings is 1. The molecule has 0 spiro atoms. The molecule has 4 heteroatoms. The summed E-state index contributed by atoms with van der Waals surface area (Å²) in [6.45, 7) is 3.46. The van der Waals surface area contributed by atoms with Crippen molar-refractivity contribution in [2.24, 2.45) is 0 Å². The molecule has 0 bridgehead atoms. The van der Waals surface area contributed by atoms with Crippen molar-refractivity contribution in [3.63, 3.8) is 0 Å². The molecule has 1 aliphatic rings. The molecule has 0 saturated carbocycles. The van der Waals surface area contributed by atoms with Gasteiger partial charge < -0.3 is 15.0 Å². The summed E-state index contributed by atoms with van der Waals surface area (Å²) in [7, 11) is 4.08. The van der Waals surface area contributed by atoms with Crippen molar-refractivity contribution in [3.8, 4) is 0 Å². The highest BCUT2D eigenvalue weighted by Gasteiger charge is 2.24. The van der Waals surface area contributed by atoms with Crippen LogP contribution in [0.1, 0.15) is 36.9 Å². The number of ether oxygens (including phenoxy) is 1. The van der Waals surface area contributed by atoms with Crippen LogP contribution in [0.5, 0.6) is 0 Å². The van der Waals surface area contributed by atoms with E-state index in [1.54, 1.807) is 0 Å². The monoisotopic (exact) mass is 290 g/mol. The van der Waals surface area contributed by atoms with Crippen LogP contribution in [0.3, 0.4) is 0 Å². The van der Waals surface area contributed by atoms with Gasteiger partial charge in [-0.05, 0) is 44.5 Å². The molecule has 1 N–H and O–H groups in total. The fourth-order valence-electron chi connectivity index (χ4n) is 2.67. The predicted molar refractivity (Wildman–Crippen MR) is 84.2 cm³/mol. The smallest absolute Gasteiger partial charge is 0.249 e. The number of carbonyl (C=O) groups excluding carboxylic acids is 1. The summed E-state index contributed by atoms with van der Waals surface area (Å²) in [5, 5.41) is 3.03. The lowest BCUT2D eigenvalue weighted by molar-refractivity contribution is -0.130. The highest BCUT2D eigenvalue weighted by molar-refractivity contribution is 5.81. The van der Waals surface area contributed by atoms with Gasteiger partial charge in [0.1, 0.15) is 6.10 Å². The molecule has 21 heavy (non-hydrogen) atoms.